The number of aliphatic hydroxyl groups excluding tert-OH is 1. The number of esters is 1. The maximum atomic E-state index is 11.1. The van der Waals surface area contributed by atoms with Crippen molar-refractivity contribution < 1.29 is 14.6 Å². The molecule has 0 saturated carbocycles. The van der Waals surface area contributed by atoms with Gasteiger partial charge in [0.25, 0.3) is 0 Å². The van der Waals surface area contributed by atoms with E-state index in [0.717, 1.165) is 18.8 Å². The third-order valence-corrected chi connectivity index (χ3v) is 3.29. The van der Waals surface area contributed by atoms with E-state index in [1.165, 1.54) is 12.8 Å². The molecular formula is C12H22O3. The lowest BCUT2D eigenvalue weighted by Crippen LogP contribution is -2.32. The third kappa shape index (κ3) is 4.20. The minimum Gasteiger partial charge on any atom is -0.462 e. The summed E-state index contributed by atoms with van der Waals surface area (Å²) in [5.41, 5.74) is 0. The van der Waals surface area contributed by atoms with Gasteiger partial charge in [-0.15, -0.1) is 0 Å². The van der Waals surface area contributed by atoms with Crippen LogP contribution in [-0.2, 0) is 9.53 Å². The molecule has 1 saturated heterocycles. The average molecular weight is 214 g/mol. The molecule has 88 valence electrons. The summed E-state index contributed by atoms with van der Waals surface area (Å²) in [6.45, 7) is 4.38. The molecule has 0 bridgehead atoms. The van der Waals surface area contributed by atoms with Gasteiger partial charge in [0.15, 0.2) is 0 Å². The van der Waals surface area contributed by atoms with Crippen LogP contribution in [0.5, 0.6) is 0 Å². The standard InChI is InChI=1S/C12H22O3/c1-3-9(4-2)5-6-11-7-10(13)8-12(14)15-11/h9-11,13H,3-8H2,1-2H3/t10-,11?/m1/s1. The van der Waals surface area contributed by atoms with E-state index in [4.69, 9.17) is 4.74 Å². The van der Waals surface area contributed by atoms with Crippen molar-refractivity contribution in [3.8, 4) is 0 Å². The van der Waals surface area contributed by atoms with Crippen LogP contribution >= 0.6 is 0 Å². The van der Waals surface area contributed by atoms with Crippen LogP contribution in [0.25, 0.3) is 0 Å². The molecule has 1 fully saturated rings. The zero-order chi connectivity index (χ0) is 11.3. The number of carbonyl (C=O) groups is 1. The predicted molar refractivity (Wildman–Crippen MR) is 58.4 cm³/mol. The summed E-state index contributed by atoms with van der Waals surface area (Å²) in [6.07, 6.45) is 4.60. The second-order valence-corrected chi connectivity index (χ2v) is 4.47. The van der Waals surface area contributed by atoms with Gasteiger partial charge in [0.1, 0.15) is 6.10 Å². The van der Waals surface area contributed by atoms with Crippen LogP contribution in [0.2, 0.25) is 0 Å². The zero-order valence-electron chi connectivity index (χ0n) is 9.74. The summed E-state index contributed by atoms with van der Waals surface area (Å²) in [5.74, 6) is 0.478. The van der Waals surface area contributed by atoms with Gasteiger partial charge in [-0.3, -0.25) is 4.79 Å². The Morgan fingerprint density at radius 3 is 2.67 bits per heavy atom. The monoisotopic (exact) mass is 214 g/mol. The molecule has 1 heterocycles. The van der Waals surface area contributed by atoms with Crippen molar-refractivity contribution in [2.45, 2.75) is 64.6 Å². The summed E-state index contributed by atoms with van der Waals surface area (Å²) >= 11 is 0. The van der Waals surface area contributed by atoms with Gasteiger partial charge >= 0.3 is 5.97 Å². The van der Waals surface area contributed by atoms with Crippen molar-refractivity contribution in [1.82, 2.24) is 0 Å². The van der Waals surface area contributed by atoms with E-state index in [1.54, 1.807) is 0 Å². The lowest BCUT2D eigenvalue weighted by molar-refractivity contribution is -0.160. The van der Waals surface area contributed by atoms with E-state index in [-0.39, 0.29) is 18.5 Å². The van der Waals surface area contributed by atoms with Crippen LogP contribution in [-0.4, -0.2) is 23.3 Å². The third-order valence-electron chi connectivity index (χ3n) is 3.29. The number of rotatable bonds is 5. The van der Waals surface area contributed by atoms with Gasteiger partial charge in [-0.2, -0.15) is 0 Å². The minimum absolute atomic E-state index is 0.0538. The van der Waals surface area contributed by atoms with Crippen LogP contribution in [0, 0.1) is 5.92 Å². The van der Waals surface area contributed by atoms with Gasteiger partial charge in [-0.25, -0.2) is 0 Å². The zero-order valence-corrected chi connectivity index (χ0v) is 9.74. The minimum atomic E-state index is -0.488. The molecule has 0 aromatic rings. The highest BCUT2D eigenvalue weighted by molar-refractivity contribution is 5.70. The number of cyclic esters (lactones) is 1. The summed E-state index contributed by atoms with van der Waals surface area (Å²) in [6, 6.07) is 0. The molecule has 1 aliphatic heterocycles. The molecular weight excluding hydrogens is 192 g/mol. The van der Waals surface area contributed by atoms with Crippen LogP contribution in [0.3, 0.4) is 0 Å². The number of hydrogen-bond donors (Lipinski definition) is 1. The molecule has 0 aromatic carbocycles. The number of ether oxygens (including phenoxy) is 1. The molecule has 1 unspecified atom stereocenters. The SMILES string of the molecule is CCC(CC)CCC1C[C@@H](O)CC(=O)O1. The molecule has 3 nitrogen and oxygen atoms in total. The Bertz CT molecular complexity index is 199. The first-order chi connectivity index (χ1) is 7.15. The Morgan fingerprint density at radius 1 is 1.47 bits per heavy atom. The summed E-state index contributed by atoms with van der Waals surface area (Å²) in [4.78, 5) is 11.1. The Morgan fingerprint density at radius 2 is 2.13 bits per heavy atom. The number of carbonyl (C=O) groups excluding carboxylic acids is 1. The first-order valence-electron chi connectivity index (χ1n) is 6.03. The molecule has 3 heteroatoms. The Balaban J connectivity index is 2.28. The topological polar surface area (TPSA) is 46.5 Å². The largest absolute Gasteiger partial charge is 0.462 e. The fraction of sp³-hybridized carbons (Fsp3) is 0.917. The van der Waals surface area contributed by atoms with E-state index in [9.17, 15) is 9.90 Å². The van der Waals surface area contributed by atoms with Gasteiger partial charge in [0.2, 0.25) is 0 Å². The smallest absolute Gasteiger partial charge is 0.308 e. The van der Waals surface area contributed by atoms with Crippen LogP contribution in [0.4, 0.5) is 0 Å². The predicted octanol–water partition coefficient (Wildman–Crippen LogP) is 2.27. The van der Waals surface area contributed by atoms with Crippen molar-refractivity contribution >= 4 is 5.97 Å². The van der Waals surface area contributed by atoms with Crippen molar-refractivity contribution in [2.24, 2.45) is 5.92 Å². The van der Waals surface area contributed by atoms with Gasteiger partial charge in [-0.05, 0) is 18.8 Å². The Hall–Kier alpha value is -0.570. The molecule has 2 atom stereocenters. The van der Waals surface area contributed by atoms with E-state index in [2.05, 4.69) is 13.8 Å². The number of hydrogen-bond acceptors (Lipinski definition) is 3. The van der Waals surface area contributed by atoms with Gasteiger partial charge in [0, 0.05) is 6.42 Å². The number of aliphatic hydroxyl groups is 1. The molecule has 0 aliphatic carbocycles. The second-order valence-electron chi connectivity index (χ2n) is 4.47. The molecule has 1 N–H and O–H groups in total. The van der Waals surface area contributed by atoms with E-state index in [1.807, 2.05) is 0 Å². The highest BCUT2D eigenvalue weighted by Crippen LogP contribution is 2.23. The Labute approximate surface area is 91.8 Å². The highest BCUT2D eigenvalue weighted by atomic mass is 16.5. The normalized spacial score (nSPS) is 26.8. The molecule has 1 rings (SSSR count). The average Bonchev–Trinajstić information content (AvgIpc) is 2.18. The van der Waals surface area contributed by atoms with Gasteiger partial charge in [-0.1, -0.05) is 26.7 Å². The van der Waals surface area contributed by atoms with Crippen molar-refractivity contribution in [3.63, 3.8) is 0 Å². The van der Waals surface area contributed by atoms with Crippen molar-refractivity contribution in [2.75, 3.05) is 0 Å². The summed E-state index contributed by atoms with van der Waals surface area (Å²) in [7, 11) is 0. The highest BCUT2D eigenvalue weighted by Gasteiger charge is 2.27. The molecule has 0 spiro atoms. The molecule has 1 aliphatic rings. The molecule has 15 heavy (non-hydrogen) atoms. The van der Waals surface area contributed by atoms with Crippen LogP contribution < -0.4 is 0 Å². The van der Waals surface area contributed by atoms with Crippen LogP contribution in [0.15, 0.2) is 0 Å². The molecule has 0 aromatic heterocycles. The summed E-state index contributed by atoms with van der Waals surface area (Å²) in [5, 5.41) is 9.43. The fourth-order valence-corrected chi connectivity index (χ4v) is 2.16. The molecule has 0 amide bonds. The van der Waals surface area contributed by atoms with Gasteiger partial charge in [0.05, 0.1) is 12.5 Å². The Kier molecular flexibility index (Phi) is 5.09. The lowest BCUT2D eigenvalue weighted by atomic mass is 9.93. The van der Waals surface area contributed by atoms with E-state index in [0.29, 0.717) is 6.42 Å². The maximum absolute atomic E-state index is 11.1. The van der Waals surface area contributed by atoms with Crippen LogP contribution in [0.1, 0.15) is 52.4 Å². The fourth-order valence-electron chi connectivity index (χ4n) is 2.16. The second kappa shape index (κ2) is 6.11. The first kappa shape index (κ1) is 12.5. The van der Waals surface area contributed by atoms with Gasteiger partial charge < -0.3 is 9.84 Å². The quantitative estimate of drug-likeness (QED) is 0.714. The van der Waals surface area contributed by atoms with Crippen molar-refractivity contribution in [1.29, 1.82) is 0 Å². The van der Waals surface area contributed by atoms with E-state index < -0.39 is 6.10 Å². The lowest BCUT2D eigenvalue weighted by Gasteiger charge is -2.27. The van der Waals surface area contributed by atoms with Crippen molar-refractivity contribution in [3.05, 3.63) is 0 Å². The maximum Gasteiger partial charge on any atom is 0.308 e. The summed E-state index contributed by atoms with van der Waals surface area (Å²) < 4.78 is 5.20. The molecule has 0 radical (unpaired) electrons. The first-order valence-corrected chi connectivity index (χ1v) is 6.03. The van der Waals surface area contributed by atoms with E-state index >= 15 is 0 Å².